The highest BCUT2D eigenvalue weighted by Crippen LogP contribution is 2.45. The second-order valence-electron chi connectivity index (χ2n) is 30.7. The van der Waals surface area contributed by atoms with Crippen LogP contribution >= 0.6 is 15.6 Å². The Morgan fingerprint density at radius 3 is 0.752 bits per heavy atom. The first-order valence-corrected chi connectivity index (χ1v) is 45.4. The molecule has 0 aromatic rings. The molecule has 600 valence electrons. The van der Waals surface area contributed by atoms with Crippen molar-refractivity contribution >= 4 is 39.5 Å². The Balaban J connectivity index is 5.20. The van der Waals surface area contributed by atoms with Crippen molar-refractivity contribution in [3.63, 3.8) is 0 Å². The summed E-state index contributed by atoms with van der Waals surface area (Å²) in [6.45, 7) is 12.0. The van der Waals surface area contributed by atoms with Crippen LogP contribution < -0.4 is 0 Å². The van der Waals surface area contributed by atoms with Gasteiger partial charge >= 0.3 is 39.5 Å². The highest BCUT2D eigenvalue weighted by atomic mass is 31.2. The van der Waals surface area contributed by atoms with Crippen LogP contribution in [0.4, 0.5) is 0 Å². The van der Waals surface area contributed by atoms with Gasteiger partial charge in [-0.3, -0.25) is 37.3 Å². The van der Waals surface area contributed by atoms with Gasteiger partial charge in [0.2, 0.25) is 0 Å². The highest BCUT2D eigenvalue weighted by molar-refractivity contribution is 7.47. The zero-order valence-electron chi connectivity index (χ0n) is 66.4. The fourth-order valence-corrected chi connectivity index (χ4v) is 14.2. The van der Waals surface area contributed by atoms with Crippen LogP contribution in [-0.2, 0) is 65.4 Å². The van der Waals surface area contributed by atoms with Crippen molar-refractivity contribution in [2.75, 3.05) is 39.6 Å². The summed E-state index contributed by atoms with van der Waals surface area (Å²) in [6.07, 6.45) is 61.1. The van der Waals surface area contributed by atoms with E-state index in [0.29, 0.717) is 25.7 Å². The first kappa shape index (κ1) is 99.1. The van der Waals surface area contributed by atoms with Crippen LogP contribution in [0.5, 0.6) is 0 Å². The number of ether oxygens (including phenoxy) is 4. The molecule has 0 rings (SSSR count). The van der Waals surface area contributed by atoms with E-state index in [1.54, 1.807) is 0 Å². The van der Waals surface area contributed by atoms with Gasteiger partial charge in [0.05, 0.1) is 26.4 Å². The second-order valence-corrected chi connectivity index (χ2v) is 33.6. The molecular weight excluding hydrogens is 1320 g/mol. The quantitative estimate of drug-likeness (QED) is 0.0222. The lowest BCUT2D eigenvalue weighted by atomic mass is 9.99. The number of hydrogen-bond acceptors (Lipinski definition) is 15. The number of aliphatic hydroxyl groups excluding tert-OH is 1. The number of phosphoric acid groups is 2. The van der Waals surface area contributed by atoms with E-state index in [-0.39, 0.29) is 25.7 Å². The van der Waals surface area contributed by atoms with E-state index in [2.05, 4.69) is 48.5 Å². The standard InChI is InChI=1S/C82H160O17P2/c1-8-10-11-12-13-42-49-56-63-79(84)92-69-77(98-82(87)66-59-52-45-38-32-26-28-34-40-47-54-61-74(5)6)71-96-100(88,89)94-67-76(83)68-95-101(90,91)97-72-78(70-93-80(85)64-57-50-43-36-30-24-21-20-23-29-35-41-48-55-62-75(7)9-2)99-81(86)65-58-51-44-37-31-25-19-17-15-14-16-18-22-27-33-39-46-53-60-73(3)4/h73-78,83H,8-72H2,1-7H3,(H,88,89)(H,90,91)/t75?,76-,77+,78+/m0/s1. The third-order valence-corrected chi connectivity index (χ3v) is 21.4. The van der Waals surface area contributed by atoms with E-state index in [1.807, 2.05) is 0 Å². The Labute approximate surface area is 619 Å². The summed E-state index contributed by atoms with van der Waals surface area (Å²) in [5.41, 5.74) is 0. The lowest BCUT2D eigenvalue weighted by Gasteiger charge is -2.21. The first-order valence-electron chi connectivity index (χ1n) is 42.4. The molecule has 6 atom stereocenters. The first-order chi connectivity index (χ1) is 48.8. The number of rotatable bonds is 80. The largest absolute Gasteiger partial charge is 0.472 e. The molecule has 0 saturated heterocycles. The summed E-state index contributed by atoms with van der Waals surface area (Å²) in [7, 11) is -9.92. The number of carbonyl (C=O) groups is 4. The summed E-state index contributed by atoms with van der Waals surface area (Å²) < 4.78 is 68.7. The van der Waals surface area contributed by atoms with Crippen LogP contribution in [0.15, 0.2) is 0 Å². The predicted molar refractivity (Wildman–Crippen MR) is 414 cm³/mol. The smallest absolute Gasteiger partial charge is 0.462 e. The Bertz CT molecular complexity index is 1960. The van der Waals surface area contributed by atoms with Crippen molar-refractivity contribution in [3.8, 4) is 0 Å². The van der Waals surface area contributed by atoms with E-state index in [1.165, 1.54) is 231 Å². The monoisotopic (exact) mass is 1480 g/mol. The Morgan fingerprint density at radius 1 is 0.287 bits per heavy atom. The molecule has 0 radical (unpaired) electrons. The average Bonchev–Trinajstić information content (AvgIpc) is 1.18. The maximum atomic E-state index is 13.1. The predicted octanol–water partition coefficient (Wildman–Crippen LogP) is 24.5. The minimum absolute atomic E-state index is 0.106. The van der Waals surface area contributed by atoms with Gasteiger partial charge in [0.15, 0.2) is 12.2 Å². The lowest BCUT2D eigenvalue weighted by molar-refractivity contribution is -0.161. The van der Waals surface area contributed by atoms with Gasteiger partial charge in [-0.2, -0.15) is 0 Å². The van der Waals surface area contributed by atoms with E-state index in [9.17, 15) is 43.2 Å². The zero-order chi connectivity index (χ0) is 74.4. The van der Waals surface area contributed by atoms with Crippen molar-refractivity contribution in [2.45, 2.75) is 446 Å². The summed E-state index contributed by atoms with van der Waals surface area (Å²) >= 11 is 0. The van der Waals surface area contributed by atoms with Crippen molar-refractivity contribution in [1.29, 1.82) is 0 Å². The summed E-state index contributed by atoms with van der Waals surface area (Å²) in [4.78, 5) is 73.0. The summed E-state index contributed by atoms with van der Waals surface area (Å²) in [5, 5.41) is 10.6. The van der Waals surface area contributed by atoms with Crippen LogP contribution in [-0.4, -0.2) is 96.7 Å². The normalized spacial score (nSPS) is 14.2. The maximum absolute atomic E-state index is 13.1. The number of phosphoric ester groups is 2. The van der Waals surface area contributed by atoms with Crippen LogP contribution in [0.25, 0.3) is 0 Å². The topological polar surface area (TPSA) is 237 Å². The Hall–Kier alpha value is -1.94. The minimum atomic E-state index is -4.96. The van der Waals surface area contributed by atoms with Crippen molar-refractivity contribution in [1.82, 2.24) is 0 Å². The molecule has 0 fully saturated rings. The van der Waals surface area contributed by atoms with Gasteiger partial charge in [0, 0.05) is 25.7 Å². The van der Waals surface area contributed by atoms with Gasteiger partial charge in [-0.05, 0) is 43.4 Å². The van der Waals surface area contributed by atoms with E-state index in [4.69, 9.17) is 37.0 Å². The molecule has 3 unspecified atom stereocenters. The molecule has 0 heterocycles. The fraction of sp³-hybridized carbons (Fsp3) is 0.951. The second kappa shape index (κ2) is 72.3. The van der Waals surface area contributed by atoms with Crippen LogP contribution in [0.3, 0.4) is 0 Å². The molecule has 0 aliphatic rings. The van der Waals surface area contributed by atoms with Gasteiger partial charge in [-0.15, -0.1) is 0 Å². The molecule has 0 amide bonds. The maximum Gasteiger partial charge on any atom is 0.472 e. The van der Waals surface area contributed by atoms with Crippen molar-refractivity contribution in [3.05, 3.63) is 0 Å². The molecule has 0 saturated carbocycles. The molecule has 0 aromatic heterocycles. The zero-order valence-corrected chi connectivity index (χ0v) is 68.2. The number of carbonyl (C=O) groups excluding carboxylic acids is 4. The van der Waals surface area contributed by atoms with Gasteiger partial charge in [-0.1, -0.05) is 376 Å². The molecule has 0 bridgehead atoms. The van der Waals surface area contributed by atoms with Crippen LogP contribution in [0.1, 0.15) is 427 Å². The van der Waals surface area contributed by atoms with Gasteiger partial charge in [0.1, 0.15) is 19.3 Å². The minimum Gasteiger partial charge on any atom is -0.462 e. The van der Waals surface area contributed by atoms with Gasteiger partial charge < -0.3 is 33.8 Å². The van der Waals surface area contributed by atoms with E-state index < -0.39 is 97.5 Å². The molecule has 17 nitrogen and oxygen atoms in total. The van der Waals surface area contributed by atoms with E-state index >= 15 is 0 Å². The number of unbranched alkanes of at least 4 members (excludes halogenated alkanes) is 47. The van der Waals surface area contributed by atoms with Crippen LogP contribution in [0.2, 0.25) is 0 Å². The summed E-state index contributed by atoms with van der Waals surface area (Å²) in [5.74, 6) is 0.324. The molecule has 0 spiro atoms. The summed E-state index contributed by atoms with van der Waals surface area (Å²) in [6, 6.07) is 0. The molecular formula is C82H160O17P2. The number of esters is 4. The van der Waals surface area contributed by atoms with Gasteiger partial charge in [0.25, 0.3) is 0 Å². The van der Waals surface area contributed by atoms with Crippen molar-refractivity contribution < 1.29 is 80.2 Å². The third kappa shape index (κ3) is 74.7. The average molecular weight is 1480 g/mol. The highest BCUT2D eigenvalue weighted by Gasteiger charge is 2.30. The van der Waals surface area contributed by atoms with E-state index in [0.717, 1.165) is 114 Å². The fourth-order valence-electron chi connectivity index (χ4n) is 12.6. The number of aliphatic hydroxyl groups is 1. The third-order valence-electron chi connectivity index (χ3n) is 19.5. The Morgan fingerprint density at radius 2 is 0.505 bits per heavy atom. The molecule has 19 heteroatoms. The van der Waals surface area contributed by atoms with Gasteiger partial charge in [-0.25, -0.2) is 9.13 Å². The van der Waals surface area contributed by atoms with Crippen molar-refractivity contribution in [2.24, 2.45) is 17.8 Å². The molecule has 0 aliphatic heterocycles. The molecule has 0 aliphatic carbocycles. The molecule has 3 N–H and O–H groups in total. The van der Waals surface area contributed by atoms with Crippen LogP contribution in [0, 0.1) is 17.8 Å². The SMILES string of the molecule is CCCCCCCCCCC(=O)OC[C@H](COP(=O)(O)OC[C@H](O)COP(=O)(O)OC[C@@H](COC(=O)CCCCCCCCCCCCCCCCC(C)CC)OC(=O)CCCCCCCCCCCCCCCCCCCCC(C)C)OC(=O)CCCCCCCCCCCCCC(C)C. The lowest BCUT2D eigenvalue weighted by Crippen LogP contribution is -2.30. The Kier molecular flexibility index (Phi) is 70.9. The molecule has 101 heavy (non-hydrogen) atoms. The molecule has 0 aromatic carbocycles. The number of hydrogen-bond donors (Lipinski definition) is 3.